The summed E-state index contributed by atoms with van der Waals surface area (Å²) in [6, 6.07) is 6.98. The monoisotopic (exact) mass is 318 g/mol. The van der Waals surface area contributed by atoms with Gasteiger partial charge in [0.1, 0.15) is 5.01 Å². The standard InChI is InChI=1S/C16H18N2O3S/c1-21-9-13-10-22-16(17-13)15(11-4-2-5-11)12-6-3-7-14(8-12)18(19)20/h3,6-8,10-11,15H,2,4-5,9H2,1H3. The van der Waals surface area contributed by atoms with Crippen molar-refractivity contribution in [1.82, 2.24) is 4.98 Å². The number of nitro groups is 1. The summed E-state index contributed by atoms with van der Waals surface area (Å²) < 4.78 is 5.13. The number of benzene rings is 1. The van der Waals surface area contributed by atoms with Crippen LogP contribution in [0.4, 0.5) is 5.69 Å². The molecule has 5 nitrogen and oxygen atoms in total. The molecular weight excluding hydrogens is 300 g/mol. The van der Waals surface area contributed by atoms with Gasteiger partial charge in [-0.1, -0.05) is 18.6 Å². The number of nitrogens with zero attached hydrogens (tertiary/aromatic N) is 2. The molecule has 1 aromatic carbocycles. The molecule has 0 amide bonds. The first kappa shape index (κ1) is 15.1. The van der Waals surface area contributed by atoms with Crippen molar-refractivity contribution in [3.63, 3.8) is 0 Å². The number of ether oxygens (including phenoxy) is 1. The fourth-order valence-corrected chi connectivity index (χ4v) is 3.92. The van der Waals surface area contributed by atoms with Gasteiger partial charge in [-0.25, -0.2) is 4.98 Å². The topological polar surface area (TPSA) is 65.3 Å². The number of non-ortho nitro benzene ring substituents is 1. The minimum Gasteiger partial charge on any atom is -0.378 e. The van der Waals surface area contributed by atoms with E-state index in [1.807, 2.05) is 11.4 Å². The third-order valence-electron chi connectivity index (χ3n) is 4.19. The minimum atomic E-state index is -0.334. The first-order valence-electron chi connectivity index (χ1n) is 7.36. The molecule has 1 saturated carbocycles. The van der Waals surface area contributed by atoms with Crippen molar-refractivity contribution in [1.29, 1.82) is 0 Å². The molecule has 0 bridgehead atoms. The van der Waals surface area contributed by atoms with Crippen LogP contribution >= 0.6 is 11.3 Å². The van der Waals surface area contributed by atoms with Crippen LogP contribution in [0.25, 0.3) is 0 Å². The lowest BCUT2D eigenvalue weighted by Crippen LogP contribution is -2.21. The molecule has 1 atom stereocenters. The van der Waals surface area contributed by atoms with Crippen molar-refractivity contribution in [2.75, 3.05) is 7.11 Å². The minimum absolute atomic E-state index is 0.149. The van der Waals surface area contributed by atoms with Gasteiger partial charge in [-0.3, -0.25) is 10.1 Å². The number of thiazole rings is 1. The molecule has 1 aliphatic carbocycles. The second-order valence-electron chi connectivity index (χ2n) is 5.63. The Morgan fingerprint density at radius 3 is 2.95 bits per heavy atom. The van der Waals surface area contributed by atoms with Crippen LogP contribution in [-0.4, -0.2) is 17.0 Å². The molecule has 6 heteroatoms. The molecule has 0 aliphatic heterocycles. The van der Waals surface area contributed by atoms with Crippen molar-refractivity contribution in [3.05, 3.63) is 56.0 Å². The van der Waals surface area contributed by atoms with Crippen LogP contribution < -0.4 is 0 Å². The maximum Gasteiger partial charge on any atom is 0.269 e. The number of hydrogen-bond acceptors (Lipinski definition) is 5. The second kappa shape index (κ2) is 6.54. The summed E-state index contributed by atoms with van der Waals surface area (Å²) in [5.74, 6) is 0.688. The van der Waals surface area contributed by atoms with Crippen molar-refractivity contribution in [2.24, 2.45) is 5.92 Å². The van der Waals surface area contributed by atoms with Crippen molar-refractivity contribution < 1.29 is 9.66 Å². The van der Waals surface area contributed by atoms with Crippen LogP contribution in [-0.2, 0) is 11.3 Å². The molecule has 1 aliphatic rings. The molecule has 1 fully saturated rings. The molecule has 116 valence electrons. The summed E-state index contributed by atoms with van der Waals surface area (Å²) >= 11 is 1.62. The molecule has 22 heavy (non-hydrogen) atoms. The second-order valence-corrected chi connectivity index (χ2v) is 6.52. The van der Waals surface area contributed by atoms with Gasteiger partial charge in [0.05, 0.1) is 17.2 Å². The van der Waals surface area contributed by atoms with Gasteiger partial charge in [-0.2, -0.15) is 0 Å². The molecule has 1 heterocycles. The Labute approximate surface area is 133 Å². The summed E-state index contributed by atoms with van der Waals surface area (Å²) in [5, 5.41) is 14.1. The summed E-state index contributed by atoms with van der Waals surface area (Å²) in [6.07, 6.45) is 3.55. The zero-order chi connectivity index (χ0) is 15.5. The van der Waals surface area contributed by atoms with Gasteiger partial charge in [-0.05, 0) is 24.3 Å². The van der Waals surface area contributed by atoms with Crippen molar-refractivity contribution in [3.8, 4) is 0 Å². The van der Waals surface area contributed by atoms with Crippen molar-refractivity contribution >= 4 is 17.0 Å². The maximum absolute atomic E-state index is 11.0. The Bertz CT molecular complexity index is 667. The van der Waals surface area contributed by atoms with E-state index in [2.05, 4.69) is 4.98 Å². The summed E-state index contributed by atoms with van der Waals surface area (Å²) in [6.45, 7) is 0.503. The summed E-state index contributed by atoms with van der Waals surface area (Å²) in [5.41, 5.74) is 2.07. The summed E-state index contributed by atoms with van der Waals surface area (Å²) in [7, 11) is 1.66. The van der Waals surface area contributed by atoms with E-state index in [1.54, 1.807) is 36.6 Å². The fraction of sp³-hybridized carbons (Fsp3) is 0.438. The quantitative estimate of drug-likeness (QED) is 0.593. The van der Waals surface area contributed by atoms with Crippen LogP contribution in [0.1, 0.15) is 41.4 Å². The Hall–Kier alpha value is -1.79. The largest absolute Gasteiger partial charge is 0.378 e. The van der Waals surface area contributed by atoms with E-state index < -0.39 is 0 Å². The van der Waals surface area contributed by atoms with Gasteiger partial charge in [0.25, 0.3) is 5.69 Å². The van der Waals surface area contributed by atoms with E-state index in [1.165, 1.54) is 6.42 Å². The molecule has 0 spiro atoms. The van der Waals surface area contributed by atoms with E-state index in [9.17, 15) is 10.1 Å². The van der Waals surface area contributed by atoms with Crippen LogP contribution in [0.3, 0.4) is 0 Å². The van der Waals surface area contributed by atoms with Gasteiger partial charge >= 0.3 is 0 Å². The van der Waals surface area contributed by atoms with Gasteiger partial charge in [-0.15, -0.1) is 11.3 Å². The average Bonchev–Trinajstić information content (AvgIpc) is 2.91. The zero-order valence-corrected chi connectivity index (χ0v) is 13.2. The zero-order valence-electron chi connectivity index (χ0n) is 12.4. The SMILES string of the molecule is COCc1csc(C(c2cccc([N+](=O)[O-])c2)C2CCC2)n1. The smallest absolute Gasteiger partial charge is 0.269 e. The normalized spacial score (nSPS) is 16.2. The molecule has 2 aromatic rings. The van der Waals surface area contributed by atoms with Crippen LogP contribution in [0.5, 0.6) is 0 Å². The number of rotatable bonds is 6. The Morgan fingerprint density at radius 1 is 1.50 bits per heavy atom. The van der Waals surface area contributed by atoms with Crippen LogP contribution in [0.15, 0.2) is 29.6 Å². The number of aromatic nitrogens is 1. The Balaban J connectivity index is 1.95. The van der Waals surface area contributed by atoms with Crippen LogP contribution in [0.2, 0.25) is 0 Å². The molecular formula is C16H18N2O3S. The first-order chi connectivity index (χ1) is 10.7. The van der Waals surface area contributed by atoms with E-state index in [0.717, 1.165) is 29.1 Å². The molecule has 0 N–H and O–H groups in total. The Morgan fingerprint density at radius 2 is 2.32 bits per heavy atom. The highest BCUT2D eigenvalue weighted by Gasteiger charge is 2.32. The lowest BCUT2D eigenvalue weighted by atomic mass is 9.73. The van der Waals surface area contributed by atoms with Crippen LogP contribution in [0, 0.1) is 16.0 Å². The first-order valence-corrected chi connectivity index (χ1v) is 8.24. The number of methoxy groups -OCH3 is 1. The Kier molecular flexibility index (Phi) is 4.49. The van der Waals surface area contributed by atoms with Crippen molar-refractivity contribution in [2.45, 2.75) is 31.8 Å². The average molecular weight is 318 g/mol. The predicted molar refractivity (Wildman–Crippen MR) is 85.1 cm³/mol. The molecule has 1 unspecified atom stereocenters. The third kappa shape index (κ3) is 3.03. The van der Waals surface area contributed by atoms with E-state index in [-0.39, 0.29) is 16.5 Å². The molecule has 0 saturated heterocycles. The van der Waals surface area contributed by atoms with E-state index in [4.69, 9.17) is 4.74 Å². The number of hydrogen-bond donors (Lipinski definition) is 0. The third-order valence-corrected chi connectivity index (χ3v) is 5.17. The van der Waals surface area contributed by atoms with Gasteiger partial charge in [0, 0.05) is 30.5 Å². The highest BCUT2D eigenvalue weighted by Crippen LogP contribution is 2.44. The lowest BCUT2D eigenvalue weighted by molar-refractivity contribution is -0.384. The van der Waals surface area contributed by atoms with Gasteiger partial charge < -0.3 is 4.74 Å². The van der Waals surface area contributed by atoms with E-state index in [0.29, 0.717) is 12.5 Å². The maximum atomic E-state index is 11.0. The van der Waals surface area contributed by atoms with Gasteiger partial charge in [0.15, 0.2) is 0 Å². The number of nitro benzene ring substituents is 1. The van der Waals surface area contributed by atoms with E-state index >= 15 is 0 Å². The lowest BCUT2D eigenvalue weighted by Gasteiger charge is -2.32. The molecule has 3 rings (SSSR count). The molecule has 1 aromatic heterocycles. The highest BCUT2D eigenvalue weighted by atomic mass is 32.1. The molecule has 0 radical (unpaired) electrons. The predicted octanol–water partition coefficient (Wildman–Crippen LogP) is 4.13. The highest BCUT2D eigenvalue weighted by molar-refractivity contribution is 7.09. The van der Waals surface area contributed by atoms with Gasteiger partial charge in [0.2, 0.25) is 0 Å². The summed E-state index contributed by atoms with van der Waals surface area (Å²) in [4.78, 5) is 15.4. The fourth-order valence-electron chi connectivity index (χ4n) is 2.90.